The molecule has 0 N–H and O–H groups in total. The molecule has 0 amide bonds. The first-order chi connectivity index (χ1) is 9.85. The summed E-state index contributed by atoms with van der Waals surface area (Å²) in [7, 11) is -2.00. The minimum atomic E-state index is -2.00. The third kappa shape index (κ3) is 1.92. The molecule has 116 valence electrons. The van der Waals surface area contributed by atoms with Crippen LogP contribution in [0.25, 0.3) is 0 Å². The van der Waals surface area contributed by atoms with Gasteiger partial charge in [0.25, 0.3) is 14.3 Å². The molecule has 0 spiro atoms. The largest absolute Gasteiger partial charge is 0.518 e. The van der Waals surface area contributed by atoms with E-state index in [1.807, 2.05) is 13.1 Å². The van der Waals surface area contributed by atoms with Crippen LogP contribution in [-0.4, -0.2) is 19.8 Å². The molecular formula is C17H25ClO2Si. The highest BCUT2D eigenvalue weighted by molar-refractivity contribution is 6.78. The Morgan fingerprint density at radius 1 is 1.43 bits per heavy atom. The zero-order valence-electron chi connectivity index (χ0n) is 13.1. The molecule has 3 saturated carbocycles. The van der Waals surface area contributed by atoms with Gasteiger partial charge in [-0.05, 0) is 67.4 Å². The highest BCUT2D eigenvalue weighted by Crippen LogP contribution is 2.71. The van der Waals surface area contributed by atoms with E-state index in [-0.39, 0.29) is 11.9 Å². The number of hydrogen-bond donors (Lipinski definition) is 0. The van der Waals surface area contributed by atoms with Gasteiger partial charge in [0.2, 0.25) is 0 Å². The van der Waals surface area contributed by atoms with Crippen LogP contribution >= 0.6 is 11.6 Å². The highest BCUT2D eigenvalue weighted by Gasteiger charge is 2.66. The van der Waals surface area contributed by atoms with Crippen molar-refractivity contribution in [2.75, 3.05) is 5.50 Å². The van der Waals surface area contributed by atoms with Crippen LogP contribution in [0.4, 0.5) is 0 Å². The normalized spacial score (nSPS) is 49.7. The fourth-order valence-corrected chi connectivity index (χ4v) is 7.00. The standard InChI is InChI=1S/C17H25ClO2Si/c1-17-5-4-10(8-17)14-11-6-12(15(14)17)13(7-11)16(19)20-21(2,3)9-18/h4-5,10-15H,6-9H2,1-3H3. The number of hydrogen-bond acceptors (Lipinski definition) is 2. The second-order valence-electron chi connectivity index (χ2n) is 8.65. The topological polar surface area (TPSA) is 26.3 Å². The Hall–Kier alpha value is -0.283. The molecule has 7 unspecified atom stereocenters. The van der Waals surface area contributed by atoms with Crippen molar-refractivity contribution in [2.45, 2.75) is 39.3 Å². The molecule has 4 aliphatic rings. The molecule has 2 nitrogen and oxygen atoms in total. The molecule has 3 fully saturated rings. The van der Waals surface area contributed by atoms with Gasteiger partial charge in [0.1, 0.15) is 0 Å². The molecule has 0 heterocycles. The molecule has 0 saturated heterocycles. The fourth-order valence-electron chi connectivity index (χ4n) is 6.09. The van der Waals surface area contributed by atoms with E-state index in [4.69, 9.17) is 16.0 Å². The maximum Gasteiger partial charge on any atom is 0.295 e. The summed E-state index contributed by atoms with van der Waals surface area (Å²) in [4.78, 5) is 12.6. The summed E-state index contributed by atoms with van der Waals surface area (Å²) in [6.45, 7) is 6.49. The lowest BCUT2D eigenvalue weighted by Gasteiger charge is -2.40. The Morgan fingerprint density at radius 2 is 2.19 bits per heavy atom. The van der Waals surface area contributed by atoms with Gasteiger partial charge in [-0.15, -0.1) is 11.6 Å². The number of carbonyl (C=O) groups excluding carboxylic acids is 1. The first kappa shape index (κ1) is 14.3. The second kappa shape index (κ2) is 4.38. The van der Waals surface area contributed by atoms with E-state index in [2.05, 4.69) is 19.1 Å². The highest BCUT2D eigenvalue weighted by atomic mass is 35.5. The van der Waals surface area contributed by atoms with Crippen LogP contribution < -0.4 is 0 Å². The van der Waals surface area contributed by atoms with Crippen LogP contribution in [0.5, 0.6) is 0 Å². The summed E-state index contributed by atoms with van der Waals surface area (Å²) >= 11 is 5.96. The van der Waals surface area contributed by atoms with Crippen LogP contribution in [-0.2, 0) is 9.22 Å². The minimum Gasteiger partial charge on any atom is -0.518 e. The molecule has 0 aromatic heterocycles. The van der Waals surface area contributed by atoms with Crippen molar-refractivity contribution in [1.82, 2.24) is 0 Å². The molecule has 0 radical (unpaired) electrons. The molecule has 4 bridgehead atoms. The summed E-state index contributed by atoms with van der Waals surface area (Å²) in [6, 6.07) is 0. The van der Waals surface area contributed by atoms with Gasteiger partial charge >= 0.3 is 0 Å². The average molecular weight is 325 g/mol. The van der Waals surface area contributed by atoms with Gasteiger partial charge in [-0.2, -0.15) is 0 Å². The Balaban J connectivity index is 1.54. The molecule has 0 aliphatic heterocycles. The van der Waals surface area contributed by atoms with E-state index in [9.17, 15) is 4.79 Å². The molecule has 4 heteroatoms. The fraction of sp³-hybridized carbons (Fsp3) is 0.824. The third-order valence-corrected chi connectivity index (χ3v) is 10.1. The van der Waals surface area contributed by atoms with Gasteiger partial charge in [-0.1, -0.05) is 19.1 Å². The molecule has 4 aliphatic carbocycles. The van der Waals surface area contributed by atoms with E-state index in [1.165, 1.54) is 12.8 Å². The number of halogens is 1. The van der Waals surface area contributed by atoms with Gasteiger partial charge in [0, 0.05) is 0 Å². The molecular weight excluding hydrogens is 300 g/mol. The van der Waals surface area contributed by atoms with Crippen LogP contribution in [0.3, 0.4) is 0 Å². The lowest BCUT2D eigenvalue weighted by Crippen LogP contribution is -2.43. The van der Waals surface area contributed by atoms with Crippen molar-refractivity contribution in [1.29, 1.82) is 0 Å². The summed E-state index contributed by atoms with van der Waals surface area (Å²) in [6.07, 6.45) is 8.54. The van der Waals surface area contributed by atoms with E-state index >= 15 is 0 Å². The van der Waals surface area contributed by atoms with Crippen LogP contribution in [0.2, 0.25) is 13.1 Å². The van der Waals surface area contributed by atoms with Gasteiger partial charge in [0.15, 0.2) is 0 Å². The van der Waals surface area contributed by atoms with Gasteiger partial charge in [-0.3, -0.25) is 4.79 Å². The predicted molar refractivity (Wildman–Crippen MR) is 86.3 cm³/mol. The number of allylic oxidation sites excluding steroid dienone is 2. The SMILES string of the molecule is CC12C=CC(C1)C1C3CC(C(=O)O[Si](C)(C)CCl)C(C3)C12. The summed E-state index contributed by atoms with van der Waals surface area (Å²) < 4.78 is 5.84. The van der Waals surface area contributed by atoms with E-state index < -0.39 is 8.32 Å². The first-order valence-electron chi connectivity index (χ1n) is 8.33. The Kier molecular flexibility index (Phi) is 2.99. The first-order valence-corrected chi connectivity index (χ1v) is 12.0. The van der Waals surface area contributed by atoms with Crippen molar-refractivity contribution < 1.29 is 9.22 Å². The number of carbonyl (C=O) groups is 1. The summed E-state index contributed by atoms with van der Waals surface area (Å²) in [5, 5.41) is 0. The number of rotatable bonds is 3. The zero-order valence-corrected chi connectivity index (χ0v) is 14.9. The lowest BCUT2D eigenvalue weighted by atomic mass is 9.65. The molecule has 7 atom stereocenters. The van der Waals surface area contributed by atoms with Crippen molar-refractivity contribution in [3.63, 3.8) is 0 Å². The van der Waals surface area contributed by atoms with Crippen molar-refractivity contribution in [3.8, 4) is 0 Å². The maximum absolute atomic E-state index is 12.6. The Morgan fingerprint density at radius 3 is 2.90 bits per heavy atom. The van der Waals surface area contributed by atoms with Gasteiger partial charge in [-0.25, -0.2) is 0 Å². The van der Waals surface area contributed by atoms with Gasteiger partial charge in [0.05, 0.1) is 11.4 Å². The van der Waals surface area contributed by atoms with E-state index in [1.54, 1.807) is 0 Å². The quantitative estimate of drug-likeness (QED) is 0.339. The predicted octanol–water partition coefficient (Wildman–Crippen LogP) is 4.00. The second-order valence-corrected chi connectivity index (χ2v) is 13.4. The van der Waals surface area contributed by atoms with Crippen LogP contribution in [0.15, 0.2) is 12.2 Å². The summed E-state index contributed by atoms with van der Waals surface area (Å²) in [5.74, 6) is 3.91. The van der Waals surface area contributed by atoms with Crippen LogP contribution in [0.1, 0.15) is 26.2 Å². The van der Waals surface area contributed by atoms with Crippen molar-refractivity contribution >= 4 is 25.9 Å². The van der Waals surface area contributed by atoms with Crippen molar-refractivity contribution in [2.24, 2.45) is 40.9 Å². The molecule has 21 heavy (non-hydrogen) atoms. The zero-order chi connectivity index (χ0) is 15.0. The van der Waals surface area contributed by atoms with E-state index in [0.717, 1.165) is 30.1 Å². The van der Waals surface area contributed by atoms with E-state index in [0.29, 0.717) is 16.8 Å². The third-order valence-electron chi connectivity index (χ3n) is 6.73. The minimum absolute atomic E-state index is 0.0635. The number of alkyl halides is 1. The monoisotopic (exact) mass is 324 g/mol. The molecule has 0 aromatic rings. The van der Waals surface area contributed by atoms with Gasteiger partial charge < -0.3 is 4.43 Å². The lowest BCUT2D eigenvalue weighted by molar-refractivity contribution is -0.143. The smallest absolute Gasteiger partial charge is 0.295 e. The average Bonchev–Trinajstić information content (AvgIpc) is 3.13. The molecule has 0 aromatic carbocycles. The van der Waals surface area contributed by atoms with Crippen molar-refractivity contribution in [3.05, 3.63) is 12.2 Å². The Bertz CT molecular complexity index is 517. The molecule has 4 rings (SSSR count). The maximum atomic E-state index is 12.6. The Labute approximate surface area is 133 Å². The number of fused-ring (bicyclic) bond motifs is 9. The summed E-state index contributed by atoms with van der Waals surface area (Å²) in [5.41, 5.74) is 0.848. The van der Waals surface area contributed by atoms with Crippen LogP contribution in [0, 0.1) is 40.9 Å².